The van der Waals surface area contributed by atoms with Crippen LogP contribution in [0.3, 0.4) is 0 Å². The lowest BCUT2D eigenvalue weighted by Gasteiger charge is -2.26. The van der Waals surface area contributed by atoms with Gasteiger partial charge in [-0.3, -0.25) is 4.79 Å². The monoisotopic (exact) mass is 386 g/mol. The number of esters is 3. The van der Waals surface area contributed by atoms with Crippen molar-refractivity contribution >= 4 is 23.7 Å². The van der Waals surface area contributed by atoms with Gasteiger partial charge in [-0.25, -0.2) is 14.4 Å². The fourth-order valence-corrected chi connectivity index (χ4v) is 2.52. The van der Waals surface area contributed by atoms with Crippen molar-refractivity contribution in [3.8, 4) is 0 Å². The summed E-state index contributed by atoms with van der Waals surface area (Å²) in [4.78, 5) is 47.7. The van der Waals surface area contributed by atoms with Crippen LogP contribution in [0.1, 0.15) is 58.3 Å². The van der Waals surface area contributed by atoms with Crippen molar-refractivity contribution in [2.24, 2.45) is 0 Å². The summed E-state index contributed by atoms with van der Waals surface area (Å²) < 4.78 is 13.5. The van der Waals surface area contributed by atoms with Gasteiger partial charge in [0.05, 0.1) is 26.9 Å². The Kier molecular flexibility index (Phi) is 12.0. The summed E-state index contributed by atoms with van der Waals surface area (Å²) in [6.07, 6.45) is 5.31. The van der Waals surface area contributed by atoms with Crippen LogP contribution in [0.5, 0.6) is 0 Å². The quantitative estimate of drug-likeness (QED) is 0.221. The van der Waals surface area contributed by atoms with Crippen LogP contribution in [0.15, 0.2) is 11.6 Å². The summed E-state index contributed by atoms with van der Waals surface area (Å²) in [6.45, 7) is 2.10. The third-order valence-electron chi connectivity index (χ3n) is 4.16. The van der Waals surface area contributed by atoms with Crippen molar-refractivity contribution in [3.05, 3.63) is 11.6 Å². The van der Waals surface area contributed by atoms with E-state index >= 15 is 0 Å². The Morgan fingerprint density at radius 3 is 2.04 bits per heavy atom. The molecule has 0 amide bonds. The highest BCUT2D eigenvalue weighted by molar-refractivity contribution is 6.04. The smallest absolute Gasteiger partial charge is 0.342 e. The predicted molar refractivity (Wildman–Crippen MR) is 96.7 cm³/mol. The third kappa shape index (κ3) is 8.34. The largest absolute Gasteiger partial charge is 0.467 e. The maximum atomic E-state index is 12.1. The number of ether oxygens (including phenoxy) is 3. The molecule has 0 aromatic carbocycles. The van der Waals surface area contributed by atoms with E-state index in [-0.39, 0.29) is 12.2 Å². The maximum Gasteiger partial charge on any atom is 0.342 e. The highest BCUT2D eigenvalue weighted by atomic mass is 16.5. The molecule has 8 heteroatoms. The van der Waals surface area contributed by atoms with Gasteiger partial charge in [-0.15, -0.1) is 0 Å². The molecule has 0 aliphatic rings. The Labute approximate surface area is 159 Å². The minimum atomic E-state index is -2.49. The topological polar surface area (TPSA) is 116 Å². The van der Waals surface area contributed by atoms with Gasteiger partial charge in [-0.05, 0) is 12.8 Å². The molecule has 154 valence electrons. The normalized spacial score (nSPS) is 13.4. The van der Waals surface area contributed by atoms with Crippen molar-refractivity contribution < 1.29 is 38.5 Å². The molecule has 0 saturated heterocycles. The van der Waals surface area contributed by atoms with E-state index < -0.39 is 35.5 Å². The van der Waals surface area contributed by atoms with Crippen molar-refractivity contribution in [1.82, 2.24) is 0 Å². The summed E-state index contributed by atoms with van der Waals surface area (Å²) in [7, 11) is 3.13. The standard InChI is InChI=1S/C19H30O8/c1-5-6-7-8-9-10-14(20)11-12-19(24,18(23)27-4)15(17(22)26-3)13-16(21)25-2/h13,24H,5-12H2,1-4H3. The third-order valence-corrected chi connectivity index (χ3v) is 4.16. The number of Topliss-reactive ketones (excluding diaryl/α,β-unsaturated/α-hetero) is 1. The number of aliphatic hydroxyl groups is 1. The molecule has 0 aromatic heterocycles. The van der Waals surface area contributed by atoms with E-state index in [1.165, 1.54) is 0 Å². The van der Waals surface area contributed by atoms with Crippen LogP contribution in [0, 0.1) is 0 Å². The highest BCUT2D eigenvalue weighted by Gasteiger charge is 2.45. The van der Waals surface area contributed by atoms with Gasteiger partial charge in [0.1, 0.15) is 5.78 Å². The van der Waals surface area contributed by atoms with E-state index in [1.807, 2.05) is 0 Å². The zero-order valence-electron chi connectivity index (χ0n) is 16.5. The van der Waals surface area contributed by atoms with E-state index in [9.17, 15) is 24.3 Å². The molecule has 0 fully saturated rings. The van der Waals surface area contributed by atoms with Gasteiger partial charge in [0, 0.05) is 18.9 Å². The van der Waals surface area contributed by atoms with Crippen LogP contribution >= 0.6 is 0 Å². The Bertz CT molecular complexity index is 552. The molecule has 1 unspecified atom stereocenters. The van der Waals surface area contributed by atoms with Crippen molar-refractivity contribution in [3.63, 3.8) is 0 Å². The van der Waals surface area contributed by atoms with E-state index in [2.05, 4.69) is 21.1 Å². The second-order valence-corrected chi connectivity index (χ2v) is 6.13. The second kappa shape index (κ2) is 13.0. The zero-order valence-corrected chi connectivity index (χ0v) is 16.5. The SMILES string of the molecule is CCCCCCCC(=O)CCC(O)(C(=O)OC)C(=CC(=O)OC)C(=O)OC. The summed E-state index contributed by atoms with van der Waals surface area (Å²) in [5.74, 6) is -3.38. The van der Waals surface area contributed by atoms with Gasteiger partial charge < -0.3 is 19.3 Å². The number of ketones is 1. The van der Waals surface area contributed by atoms with Crippen LogP contribution in [0.25, 0.3) is 0 Å². The predicted octanol–water partition coefficient (Wildman–Crippen LogP) is 1.87. The minimum Gasteiger partial charge on any atom is -0.467 e. The van der Waals surface area contributed by atoms with Crippen LogP contribution in [-0.4, -0.2) is 55.7 Å². The summed E-state index contributed by atoms with van der Waals surface area (Å²) in [6, 6.07) is 0. The lowest BCUT2D eigenvalue weighted by atomic mass is 9.86. The summed E-state index contributed by atoms with van der Waals surface area (Å²) in [5.41, 5.74) is -3.13. The fourth-order valence-electron chi connectivity index (χ4n) is 2.52. The molecule has 1 N–H and O–H groups in total. The van der Waals surface area contributed by atoms with Crippen LogP contribution in [0.2, 0.25) is 0 Å². The van der Waals surface area contributed by atoms with E-state index in [0.717, 1.165) is 53.4 Å². The first-order valence-corrected chi connectivity index (χ1v) is 8.97. The molecule has 0 radical (unpaired) electrons. The molecule has 8 nitrogen and oxygen atoms in total. The van der Waals surface area contributed by atoms with Gasteiger partial charge in [0.2, 0.25) is 0 Å². The van der Waals surface area contributed by atoms with Gasteiger partial charge >= 0.3 is 17.9 Å². The molecule has 0 aromatic rings. The first-order valence-electron chi connectivity index (χ1n) is 8.97. The van der Waals surface area contributed by atoms with Crippen molar-refractivity contribution in [2.45, 2.75) is 63.9 Å². The zero-order chi connectivity index (χ0) is 20.9. The van der Waals surface area contributed by atoms with Crippen LogP contribution in [0.4, 0.5) is 0 Å². The number of unbranched alkanes of at least 4 members (excludes halogenated alkanes) is 4. The molecule has 0 bridgehead atoms. The van der Waals surface area contributed by atoms with Crippen molar-refractivity contribution in [1.29, 1.82) is 0 Å². The molecule has 0 heterocycles. The Balaban J connectivity index is 5.24. The fraction of sp³-hybridized carbons (Fsp3) is 0.684. The molecule has 1 atom stereocenters. The van der Waals surface area contributed by atoms with Gasteiger partial charge in [0.25, 0.3) is 0 Å². The van der Waals surface area contributed by atoms with E-state index in [4.69, 9.17) is 0 Å². The number of carbonyl (C=O) groups excluding carboxylic acids is 4. The molecule has 27 heavy (non-hydrogen) atoms. The highest BCUT2D eigenvalue weighted by Crippen LogP contribution is 2.27. The molecule has 0 saturated carbocycles. The summed E-state index contributed by atoms with van der Waals surface area (Å²) >= 11 is 0. The molecular weight excluding hydrogens is 356 g/mol. The first kappa shape index (κ1) is 24.8. The number of rotatable bonds is 13. The van der Waals surface area contributed by atoms with Crippen molar-refractivity contribution in [2.75, 3.05) is 21.3 Å². The van der Waals surface area contributed by atoms with Crippen LogP contribution < -0.4 is 0 Å². The Hall–Kier alpha value is -2.22. The number of methoxy groups -OCH3 is 3. The average molecular weight is 386 g/mol. The number of hydrogen-bond donors (Lipinski definition) is 1. The molecule has 0 spiro atoms. The second-order valence-electron chi connectivity index (χ2n) is 6.13. The number of carbonyl (C=O) groups is 4. The summed E-state index contributed by atoms with van der Waals surface area (Å²) in [5, 5.41) is 10.8. The number of hydrogen-bond acceptors (Lipinski definition) is 8. The molecule has 0 rings (SSSR count). The molecule has 0 aliphatic carbocycles. The van der Waals surface area contributed by atoms with Gasteiger partial charge in [-0.2, -0.15) is 0 Å². The van der Waals surface area contributed by atoms with Gasteiger partial charge in [-0.1, -0.05) is 32.6 Å². The maximum absolute atomic E-state index is 12.1. The van der Waals surface area contributed by atoms with E-state index in [1.54, 1.807) is 0 Å². The first-order chi connectivity index (χ1) is 12.8. The molecule has 0 aliphatic heterocycles. The molecular formula is C19H30O8. The lowest BCUT2D eigenvalue weighted by Crippen LogP contribution is -2.45. The average Bonchev–Trinajstić information content (AvgIpc) is 2.68. The lowest BCUT2D eigenvalue weighted by molar-refractivity contribution is -0.162. The minimum absolute atomic E-state index is 0.156. The Morgan fingerprint density at radius 2 is 1.52 bits per heavy atom. The van der Waals surface area contributed by atoms with E-state index in [0.29, 0.717) is 12.5 Å². The Morgan fingerprint density at radius 1 is 0.889 bits per heavy atom. The van der Waals surface area contributed by atoms with Crippen LogP contribution in [-0.2, 0) is 33.4 Å². The van der Waals surface area contributed by atoms with Gasteiger partial charge in [0.15, 0.2) is 5.60 Å².